The van der Waals surface area contributed by atoms with Gasteiger partial charge in [-0.15, -0.1) is 0 Å². The quantitative estimate of drug-likeness (QED) is 0.830. The van der Waals surface area contributed by atoms with E-state index in [-0.39, 0.29) is 13.0 Å². The Morgan fingerprint density at radius 1 is 1.59 bits per heavy atom. The number of hydrogen-bond acceptors (Lipinski definition) is 4. The van der Waals surface area contributed by atoms with E-state index in [0.717, 1.165) is 11.5 Å². The summed E-state index contributed by atoms with van der Waals surface area (Å²) < 4.78 is 19.0. The summed E-state index contributed by atoms with van der Waals surface area (Å²) in [5.74, 6) is -1.35. The number of carboxylic acid groups (broad SMARTS) is 1. The van der Waals surface area contributed by atoms with Gasteiger partial charge >= 0.3 is 5.97 Å². The molecule has 0 spiro atoms. The van der Waals surface area contributed by atoms with Gasteiger partial charge in [-0.05, 0) is 11.5 Å². The Morgan fingerprint density at radius 2 is 2.41 bits per heavy atom. The Hall–Kier alpha value is -1.89. The molecule has 0 aromatic carbocycles. The number of aliphatic carboxylic acids is 1. The molecule has 5 nitrogen and oxygen atoms in total. The van der Waals surface area contributed by atoms with Crippen molar-refractivity contribution in [2.75, 3.05) is 0 Å². The molecule has 0 radical (unpaired) electrons. The Labute approximate surface area is 100 Å². The molecule has 1 N–H and O–H groups in total. The zero-order valence-electron chi connectivity index (χ0n) is 8.71. The van der Waals surface area contributed by atoms with Gasteiger partial charge in [-0.1, -0.05) is 0 Å². The molecule has 0 aliphatic carbocycles. The van der Waals surface area contributed by atoms with Crippen molar-refractivity contribution in [3.8, 4) is 10.6 Å². The van der Waals surface area contributed by atoms with Gasteiger partial charge in [0.1, 0.15) is 17.8 Å². The standard InChI is InChI=1S/C10H8FN3O2S/c11-8-5-14(4-2-9(15)16)3-1-7(8)10-12-6-13-17-10/h1,3,5-6H,2,4H2/p+1. The second-order valence-electron chi connectivity index (χ2n) is 3.33. The monoisotopic (exact) mass is 254 g/mol. The van der Waals surface area contributed by atoms with Gasteiger partial charge in [0.15, 0.2) is 18.6 Å². The molecule has 0 unspecified atom stereocenters. The Morgan fingerprint density at radius 3 is 3.00 bits per heavy atom. The molecule has 88 valence electrons. The molecule has 0 saturated heterocycles. The van der Waals surface area contributed by atoms with Crippen molar-refractivity contribution in [3.05, 3.63) is 30.6 Å². The molecule has 0 aliphatic rings. The molecule has 0 aliphatic heterocycles. The molecule has 2 aromatic rings. The topological polar surface area (TPSA) is 67.0 Å². The van der Waals surface area contributed by atoms with Crippen LogP contribution in [0.3, 0.4) is 0 Å². The van der Waals surface area contributed by atoms with Gasteiger partial charge in [0.25, 0.3) is 0 Å². The van der Waals surface area contributed by atoms with Crippen molar-refractivity contribution >= 4 is 17.5 Å². The Kier molecular flexibility index (Phi) is 3.38. The highest BCUT2D eigenvalue weighted by molar-refractivity contribution is 7.09. The SMILES string of the molecule is O=C(O)CC[n+]1ccc(-c2ncns2)c(F)c1. The zero-order chi connectivity index (χ0) is 12.3. The number of rotatable bonds is 4. The van der Waals surface area contributed by atoms with E-state index in [1.165, 1.54) is 17.1 Å². The first-order valence-electron chi connectivity index (χ1n) is 4.84. The number of carbonyl (C=O) groups is 1. The minimum absolute atomic E-state index is 0.0394. The minimum atomic E-state index is -0.911. The van der Waals surface area contributed by atoms with Crippen LogP contribution in [0.5, 0.6) is 0 Å². The lowest BCUT2D eigenvalue weighted by molar-refractivity contribution is -0.697. The maximum absolute atomic E-state index is 13.7. The predicted octanol–water partition coefficient (Wildman–Crippen LogP) is 1.11. The van der Waals surface area contributed by atoms with Gasteiger partial charge in [-0.2, -0.15) is 8.76 Å². The second kappa shape index (κ2) is 4.96. The molecule has 17 heavy (non-hydrogen) atoms. The fourth-order valence-corrected chi connectivity index (χ4v) is 1.89. The molecular formula is C10H9FN3O2S+. The largest absolute Gasteiger partial charge is 0.481 e. The van der Waals surface area contributed by atoms with Crippen LogP contribution in [0.25, 0.3) is 10.6 Å². The summed E-state index contributed by atoms with van der Waals surface area (Å²) in [6, 6.07) is 1.57. The summed E-state index contributed by atoms with van der Waals surface area (Å²) in [4.78, 5) is 14.3. The third-order valence-corrected chi connectivity index (χ3v) is 2.84. The van der Waals surface area contributed by atoms with Crippen molar-refractivity contribution < 1.29 is 18.9 Å². The molecule has 0 amide bonds. The number of pyridine rings is 1. The summed E-state index contributed by atoms with van der Waals surface area (Å²) in [6.07, 6.45) is 4.22. The zero-order valence-corrected chi connectivity index (χ0v) is 9.52. The summed E-state index contributed by atoms with van der Waals surface area (Å²) in [7, 11) is 0. The van der Waals surface area contributed by atoms with Gasteiger partial charge in [0, 0.05) is 6.07 Å². The maximum atomic E-state index is 13.7. The average Bonchev–Trinajstić information content (AvgIpc) is 2.79. The van der Waals surface area contributed by atoms with Gasteiger partial charge < -0.3 is 5.11 Å². The fourth-order valence-electron chi connectivity index (χ4n) is 1.34. The van der Waals surface area contributed by atoms with Crippen molar-refractivity contribution in [1.82, 2.24) is 9.36 Å². The van der Waals surface area contributed by atoms with Crippen LogP contribution in [-0.2, 0) is 11.3 Å². The first kappa shape index (κ1) is 11.6. The number of aromatic nitrogens is 3. The van der Waals surface area contributed by atoms with Crippen LogP contribution in [0.4, 0.5) is 4.39 Å². The maximum Gasteiger partial charge on any atom is 0.309 e. The first-order valence-corrected chi connectivity index (χ1v) is 5.61. The molecule has 2 heterocycles. The van der Waals surface area contributed by atoms with Crippen LogP contribution in [0.2, 0.25) is 0 Å². The van der Waals surface area contributed by atoms with Crippen LogP contribution < -0.4 is 4.57 Å². The summed E-state index contributed by atoms with van der Waals surface area (Å²) in [6.45, 7) is 0.239. The summed E-state index contributed by atoms with van der Waals surface area (Å²) >= 11 is 1.11. The molecule has 0 bridgehead atoms. The molecule has 7 heteroatoms. The van der Waals surface area contributed by atoms with E-state index in [1.54, 1.807) is 12.3 Å². The molecule has 0 atom stereocenters. The minimum Gasteiger partial charge on any atom is -0.481 e. The van der Waals surface area contributed by atoms with Crippen LogP contribution in [0.15, 0.2) is 24.8 Å². The third-order valence-electron chi connectivity index (χ3n) is 2.14. The normalized spacial score (nSPS) is 10.4. The second-order valence-corrected chi connectivity index (χ2v) is 4.11. The van der Waals surface area contributed by atoms with Crippen LogP contribution in [0, 0.1) is 5.82 Å². The number of nitrogens with zero attached hydrogens (tertiary/aromatic N) is 3. The van der Waals surface area contributed by atoms with E-state index in [0.29, 0.717) is 10.6 Å². The van der Waals surface area contributed by atoms with E-state index in [4.69, 9.17) is 5.11 Å². The number of hydrogen-bond donors (Lipinski definition) is 1. The fraction of sp³-hybridized carbons (Fsp3) is 0.200. The molecule has 2 aromatic heterocycles. The van der Waals surface area contributed by atoms with Crippen LogP contribution >= 0.6 is 11.5 Å². The van der Waals surface area contributed by atoms with Crippen molar-refractivity contribution in [3.63, 3.8) is 0 Å². The van der Waals surface area contributed by atoms with Gasteiger partial charge in [0.2, 0.25) is 6.20 Å². The Balaban J connectivity index is 2.20. The van der Waals surface area contributed by atoms with E-state index in [9.17, 15) is 9.18 Å². The molecule has 0 saturated carbocycles. The third kappa shape index (κ3) is 2.82. The lowest BCUT2D eigenvalue weighted by Crippen LogP contribution is -2.34. The van der Waals surface area contributed by atoms with E-state index >= 15 is 0 Å². The first-order chi connectivity index (χ1) is 8.16. The van der Waals surface area contributed by atoms with Gasteiger partial charge in [-0.25, -0.2) is 9.55 Å². The van der Waals surface area contributed by atoms with E-state index in [2.05, 4.69) is 9.36 Å². The van der Waals surface area contributed by atoms with Gasteiger partial charge in [0.05, 0.1) is 5.56 Å². The van der Waals surface area contributed by atoms with E-state index < -0.39 is 11.8 Å². The van der Waals surface area contributed by atoms with E-state index in [1.807, 2.05) is 0 Å². The smallest absolute Gasteiger partial charge is 0.309 e. The number of aryl methyl sites for hydroxylation is 1. The highest BCUT2D eigenvalue weighted by atomic mass is 32.1. The lowest BCUT2D eigenvalue weighted by atomic mass is 10.2. The number of carboxylic acids is 1. The highest BCUT2D eigenvalue weighted by Crippen LogP contribution is 2.21. The predicted molar refractivity (Wildman–Crippen MR) is 57.8 cm³/mol. The average molecular weight is 254 g/mol. The Bertz CT molecular complexity index is 530. The summed E-state index contributed by atoms with van der Waals surface area (Å²) in [5, 5.41) is 9.03. The molecule has 2 rings (SSSR count). The van der Waals surface area contributed by atoms with Crippen molar-refractivity contribution in [1.29, 1.82) is 0 Å². The lowest BCUT2D eigenvalue weighted by Gasteiger charge is -1.98. The number of halogens is 1. The van der Waals surface area contributed by atoms with Crippen LogP contribution in [-0.4, -0.2) is 20.4 Å². The van der Waals surface area contributed by atoms with Gasteiger partial charge in [-0.3, -0.25) is 4.79 Å². The van der Waals surface area contributed by atoms with Crippen molar-refractivity contribution in [2.24, 2.45) is 0 Å². The molecule has 0 fully saturated rings. The highest BCUT2D eigenvalue weighted by Gasteiger charge is 2.13. The molecular weight excluding hydrogens is 245 g/mol. The van der Waals surface area contributed by atoms with Crippen LogP contribution in [0.1, 0.15) is 6.42 Å². The summed E-state index contributed by atoms with van der Waals surface area (Å²) in [5.41, 5.74) is 0.374. The van der Waals surface area contributed by atoms with Crippen molar-refractivity contribution in [2.45, 2.75) is 13.0 Å².